The van der Waals surface area contributed by atoms with Gasteiger partial charge in [0.05, 0.1) is 0 Å². The Labute approximate surface area is 159 Å². The van der Waals surface area contributed by atoms with Crippen molar-refractivity contribution in [1.82, 2.24) is 0 Å². The van der Waals surface area contributed by atoms with E-state index in [1.165, 1.54) is 38.5 Å². The molecule has 25 heavy (non-hydrogen) atoms. The summed E-state index contributed by atoms with van der Waals surface area (Å²) in [6.07, 6.45) is 12.9. The van der Waals surface area contributed by atoms with Gasteiger partial charge in [0.2, 0.25) is 0 Å². The molecule has 1 nitrogen and oxygen atoms in total. The highest BCUT2D eigenvalue weighted by Crippen LogP contribution is 2.32. The summed E-state index contributed by atoms with van der Waals surface area (Å²) in [5.74, 6) is 4.02. The van der Waals surface area contributed by atoms with Crippen LogP contribution >= 0.6 is 0 Å². The summed E-state index contributed by atoms with van der Waals surface area (Å²) < 4.78 is 0. The van der Waals surface area contributed by atoms with Crippen LogP contribution in [0.15, 0.2) is 25.3 Å². The van der Waals surface area contributed by atoms with Crippen molar-refractivity contribution in [3.63, 3.8) is 0 Å². The summed E-state index contributed by atoms with van der Waals surface area (Å²) in [5.41, 5.74) is 6.56. The number of nitrogens with two attached hydrogens (primary N) is 1. The second-order valence-electron chi connectivity index (χ2n) is 8.63. The summed E-state index contributed by atoms with van der Waals surface area (Å²) in [6, 6.07) is 0.281. The molecule has 2 N–H and O–H groups in total. The van der Waals surface area contributed by atoms with Crippen molar-refractivity contribution in [2.24, 2.45) is 41.2 Å². The van der Waals surface area contributed by atoms with E-state index in [0.29, 0.717) is 23.7 Å². The van der Waals surface area contributed by atoms with E-state index < -0.39 is 0 Å². The monoisotopic (exact) mass is 349 g/mol. The van der Waals surface area contributed by atoms with Crippen LogP contribution in [0.1, 0.15) is 86.5 Å². The maximum atomic E-state index is 6.56. The first-order chi connectivity index (χ1) is 11.8. The van der Waals surface area contributed by atoms with Crippen LogP contribution < -0.4 is 5.73 Å². The average Bonchev–Trinajstić information content (AvgIpc) is 2.63. The highest BCUT2D eigenvalue weighted by molar-refractivity contribution is 4.88. The van der Waals surface area contributed by atoms with Gasteiger partial charge in [0.15, 0.2) is 0 Å². The first-order valence-corrected chi connectivity index (χ1v) is 10.8. The predicted molar refractivity (Wildman–Crippen MR) is 116 cm³/mol. The van der Waals surface area contributed by atoms with E-state index in [-0.39, 0.29) is 6.04 Å². The van der Waals surface area contributed by atoms with E-state index >= 15 is 0 Å². The van der Waals surface area contributed by atoms with Gasteiger partial charge in [-0.3, -0.25) is 0 Å². The van der Waals surface area contributed by atoms with E-state index in [2.05, 4.69) is 66.9 Å². The maximum Gasteiger partial charge on any atom is 0.00726 e. The molecule has 0 bridgehead atoms. The fourth-order valence-corrected chi connectivity index (χ4v) is 3.96. The minimum absolute atomic E-state index is 0.281. The summed E-state index contributed by atoms with van der Waals surface area (Å²) in [7, 11) is 0. The van der Waals surface area contributed by atoms with E-state index in [0.717, 1.165) is 18.3 Å². The molecule has 7 atom stereocenters. The van der Waals surface area contributed by atoms with Gasteiger partial charge in [0.1, 0.15) is 0 Å². The third-order valence-electron chi connectivity index (χ3n) is 6.69. The fraction of sp³-hybridized carbons (Fsp3) is 0.833. The molecule has 0 aromatic carbocycles. The van der Waals surface area contributed by atoms with E-state index in [1.54, 1.807) is 0 Å². The SMILES string of the molecule is C=CC(CC)CC(CC(C)CC)CC(C=C)CC(N)[C@H](C)C(C)CC. The smallest absolute Gasteiger partial charge is 0.00726 e. The first-order valence-electron chi connectivity index (χ1n) is 10.8. The zero-order chi connectivity index (χ0) is 19.4. The van der Waals surface area contributed by atoms with Gasteiger partial charge in [-0.15, -0.1) is 13.2 Å². The Kier molecular flexibility index (Phi) is 13.3. The minimum atomic E-state index is 0.281. The molecule has 148 valence electrons. The first kappa shape index (κ1) is 24.4. The minimum Gasteiger partial charge on any atom is -0.327 e. The normalized spacial score (nSPS) is 20.1. The van der Waals surface area contributed by atoms with Gasteiger partial charge in [-0.1, -0.05) is 66.5 Å². The molecule has 6 unspecified atom stereocenters. The maximum absolute atomic E-state index is 6.56. The van der Waals surface area contributed by atoms with Gasteiger partial charge in [-0.25, -0.2) is 0 Å². The van der Waals surface area contributed by atoms with Crippen molar-refractivity contribution >= 4 is 0 Å². The third kappa shape index (κ3) is 9.64. The molecule has 0 aromatic rings. The molecule has 0 heterocycles. The Morgan fingerprint density at radius 1 is 0.760 bits per heavy atom. The van der Waals surface area contributed by atoms with Gasteiger partial charge < -0.3 is 5.73 Å². The molecule has 0 spiro atoms. The molecular formula is C24H47N. The van der Waals surface area contributed by atoms with Crippen molar-refractivity contribution in [3.8, 4) is 0 Å². The van der Waals surface area contributed by atoms with Crippen molar-refractivity contribution in [2.75, 3.05) is 0 Å². The summed E-state index contributed by atoms with van der Waals surface area (Å²) >= 11 is 0. The zero-order valence-electron chi connectivity index (χ0n) is 18.1. The summed E-state index contributed by atoms with van der Waals surface area (Å²) in [6.45, 7) is 22.1. The van der Waals surface area contributed by atoms with Gasteiger partial charge in [0.25, 0.3) is 0 Å². The highest BCUT2D eigenvalue weighted by Gasteiger charge is 2.24. The molecule has 0 saturated heterocycles. The van der Waals surface area contributed by atoms with Crippen molar-refractivity contribution in [1.29, 1.82) is 0 Å². The van der Waals surface area contributed by atoms with Crippen LogP contribution in [-0.2, 0) is 0 Å². The molecule has 0 aliphatic carbocycles. The van der Waals surface area contributed by atoms with E-state index in [9.17, 15) is 0 Å². The van der Waals surface area contributed by atoms with Crippen LogP contribution in [0, 0.1) is 35.5 Å². The number of rotatable bonds is 15. The molecule has 0 rings (SSSR count). The van der Waals surface area contributed by atoms with Crippen LogP contribution in [0.4, 0.5) is 0 Å². The number of hydrogen-bond acceptors (Lipinski definition) is 1. The lowest BCUT2D eigenvalue weighted by Crippen LogP contribution is -2.34. The highest BCUT2D eigenvalue weighted by atomic mass is 14.7. The predicted octanol–water partition coefficient (Wildman–Crippen LogP) is 7.23. The number of allylic oxidation sites excluding steroid dienone is 2. The summed E-state index contributed by atoms with van der Waals surface area (Å²) in [4.78, 5) is 0. The molecule has 1 heteroatoms. The molecule has 0 saturated carbocycles. The second-order valence-corrected chi connectivity index (χ2v) is 8.63. The molecule has 0 aromatic heterocycles. The molecule has 0 aliphatic heterocycles. The Morgan fingerprint density at radius 2 is 1.32 bits per heavy atom. The van der Waals surface area contributed by atoms with Gasteiger partial charge >= 0.3 is 0 Å². The fourth-order valence-electron chi connectivity index (χ4n) is 3.96. The molecule has 0 fully saturated rings. The van der Waals surface area contributed by atoms with Gasteiger partial charge in [0, 0.05) is 6.04 Å². The zero-order valence-corrected chi connectivity index (χ0v) is 18.1. The number of hydrogen-bond donors (Lipinski definition) is 1. The molecular weight excluding hydrogens is 302 g/mol. The van der Waals surface area contributed by atoms with Crippen molar-refractivity contribution in [3.05, 3.63) is 25.3 Å². The average molecular weight is 350 g/mol. The van der Waals surface area contributed by atoms with Gasteiger partial charge in [-0.2, -0.15) is 0 Å². The van der Waals surface area contributed by atoms with Crippen LogP contribution in [0.2, 0.25) is 0 Å². The molecule has 0 radical (unpaired) electrons. The van der Waals surface area contributed by atoms with Crippen molar-refractivity contribution < 1.29 is 0 Å². The van der Waals surface area contributed by atoms with Crippen LogP contribution in [-0.4, -0.2) is 6.04 Å². The van der Waals surface area contributed by atoms with Crippen LogP contribution in [0.5, 0.6) is 0 Å². The topological polar surface area (TPSA) is 26.0 Å². The third-order valence-corrected chi connectivity index (χ3v) is 6.69. The standard InChI is InChI=1S/C24H47N/c1-9-18(6)14-23(15-21(11-3)12-4)16-22(13-5)17-24(25)20(8)19(7)10-2/h11,13,18-24H,3,5,9-10,12,14-17,25H2,1-2,4,6-8H3/t18?,19?,20-,21?,22?,23?,24?/m1/s1. The van der Waals surface area contributed by atoms with Gasteiger partial charge in [-0.05, 0) is 67.6 Å². The van der Waals surface area contributed by atoms with E-state index in [4.69, 9.17) is 5.73 Å². The Morgan fingerprint density at radius 3 is 1.76 bits per heavy atom. The lowest BCUT2D eigenvalue weighted by atomic mass is 9.77. The second kappa shape index (κ2) is 13.6. The largest absolute Gasteiger partial charge is 0.327 e. The van der Waals surface area contributed by atoms with E-state index in [1.807, 2.05) is 0 Å². The quantitative estimate of drug-likeness (QED) is 0.310. The van der Waals surface area contributed by atoms with Crippen molar-refractivity contribution in [2.45, 2.75) is 92.5 Å². The van der Waals surface area contributed by atoms with Crippen LogP contribution in [0.25, 0.3) is 0 Å². The Balaban J connectivity index is 4.88. The summed E-state index contributed by atoms with van der Waals surface area (Å²) in [5, 5.41) is 0. The lowest BCUT2D eigenvalue weighted by Gasteiger charge is -2.31. The molecule has 0 aliphatic rings. The lowest BCUT2D eigenvalue weighted by molar-refractivity contribution is 0.248. The molecule has 0 amide bonds. The Hall–Kier alpha value is -0.560. The Bertz CT molecular complexity index is 348. The van der Waals surface area contributed by atoms with Crippen LogP contribution in [0.3, 0.4) is 0 Å².